The van der Waals surface area contributed by atoms with Crippen molar-refractivity contribution in [3.8, 4) is 0 Å². The molecule has 0 aliphatic carbocycles. The van der Waals surface area contributed by atoms with Crippen molar-refractivity contribution in [2.24, 2.45) is 10.9 Å². The third kappa shape index (κ3) is 3.86. The average molecular weight is 284 g/mol. The molecule has 0 heterocycles. The molecule has 1 aromatic rings. The summed E-state index contributed by atoms with van der Waals surface area (Å²) in [5.74, 6) is -0.0209. The molecule has 1 amide bonds. The lowest BCUT2D eigenvalue weighted by molar-refractivity contribution is 0.0746. The van der Waals surface area contributed by atoms with Crippen molar-refractivity contribution in [1.82, 2.24) is 4.90 Å². The van der Waals surface area contributed by atoms with E-state index >= 15 is 0 Å². The lowest BCUT2D eigenvalue weighted by Gasteiger charge is -2.25. The van der Waals surface area contributed by atoms with E-state index in [0.29, 0.717) is 17.0 Å². The Hall–Kier alpha value is -1.75. The summed E-state index contributed by atoms with van der Waals surface area (Å²) in [5, 5.41) is 12.1. The highest BCUT2D eigenvalue weighted by Crippen LogP contribution is 2.17. The number of halogens is 1. The van der Waals surface area contributed by atoms with Crippen LogP contribution in [0.15, 0.2) is 23.4 Å². The number of oxime groups is 1. The van der Waals surface area contributed by atoms with Gasteiger partial charge in [0.2, 0.25) is 0 Å². The van der Waals surface area contributed by atoms with Gasteiger partial charge in [0.15, 0.2) is 0 Å². The van der Waals surface area contributed by atoms with Crippen LogP contribution < -0.4 is 5.73 Å². The van der Waals surface area contributed by atoms with E-state index in [1.165, 1.54) is 0 Å². The SMILES string of the molecule is Cc1cc(Cl)ccc1C(=O)N(C)C(C)C/C(N)=N/O. The number of carbonyl (C=O) groups excluding carboxylic acids is 1. The minimum absolute atomic E-state index is 0.0972. The number of rotatable bonds is 4. The largest absolute Gasteiger partial charge is 0.409 e. The summed E-state index contributed by atoms with van der Waals surface area (Å²) in [7, 11) is 1.69. The Morgan fingerprint density at radius 1 is 1.58 bits per heavy atom. The molecule has 0 fully saturated rings. The van der Waals surface area contributed by atoms with Crippen molar-refractivity contribution in [2.45, 2.75) is 26.3 Å². The maximum Gasteiger partial charge on any atom is 0.254 e. The number of nitrogens with zero attached hydrogens (tertiary/aromatic N) is 2. The van der Waals surface area contributed by atoms with Crippen LogP contribution in [0.4, 0.5) is 0 Å². The van der Waals surface area contributed by atoms with E-state index in [2.05, 4.69) is 5.16 Å². The summed E-state index contributed by atoms with van der Waals surface area (Å²) in [4.78, 5) is 13.9. The molecule has 19 heavy (non-hydrogen) atoms. The van der Waals surface area contributed by atoms with Gasteiger partial charge in [-0.2, -0.15) is 0 Å². The first-order valence-electron chi connectivity index (χ1n) is 5.86. The van der Waals surface area contributed by atoms with Crippen molar-refractivity contribution in [2.75, 3.05) is 7.05 Å². The highest BCUT2D eigenvalue weighted by Gasteiger charge is 2.20. The first-order chi connectivity index (χ1) is 8.86. The Balaban J connectivity index is 2.87. The Bertz CT molecular complexity index is 503. The van der Waals surface area contributed by atoms with Gasteiger partial charge in [-0.15, -0.1) is 0 Å². The van der Waals surface area contributed by atoms with Crippen LogP contribution in [0.3, 0.4) is 0 Å². The van der Waals surface area contributed by atoms with Crippen LogP contribution in [0.2, 0.25) is 5.02 Å². The number of benzene rings is 1. The second kappa shape index (κ2) is 6.43. The summed E-state index contributed by atoms with van der Waals surface area (Å²) in [6, 6.07) is 4.96. The molecule has 0 aliphatic heterocycles. The summed E-state index contributed by atoms with van der Waals surface area (Å²) in [5.41, 5.74) is 6.86. The van der Waals surface area contributed by atoms with Crippen LogP contribution >= 0.6 is 11.6 Å². The van der Waals surface area contributed by atoms with Crippen LogP contribution in [0, 0.1) is 6.92 Å². The number of amides is 1. The number of hydrogen-bond donors (Lipinski definition) is 2. The molecule has 0 bridgehead atoms. The molecule has 6 heteroatoms. The monoisotopic (exact) mass is 283 g/mol. The first kappa shape index (κ1) is 15.3. The molecule has 0 saturated heterocycles. The summed E-state index contributed by atoms with van der Waals surface area (Å²) in [6.07, 6.45) is 0.311. The maximum atomic E-state index is 12.3. The molecule has 1 atom stereocenters. The third-order valence-corrected chi connectivity index (χ3v) is 3.27. The smallest absolute Gasteiger partial charge is 0.254 e. The lowest BCUT2D eigenvalue weighted by Crippen LogP contribution is -2.38. The molecular formula is C13H18ClN3O2. The van der Waals surface area contributed by atoms with E-state index in [1.807, 2.05) is 13.8 Å². The van der Waals surface area contributed by atoms with Gasteiger partial charge in [0.25, 0.3) is 5.91 Å². The zero-order chi connectivity index (χ0) is 14.6. The fraction of sp³-hybridized carbons (Fsp3) is 0.385. The van der Waals surface area contributed by atoms with Crippen LogP contribution in [0.1, 0.15) is 29.3 Å². The molecule has 0 saturated carbocycles. The third-order valence-electron chi connectivity index (χ3n) is 3.03. The number of nitrogens with two attached hydrogens (primary N) is 1. The van der Waals surface area contributed by atoms with Crippen LogP contribution in [0.25, 0.3) is 0 Å². The molecule has 3 N–H and O–H groups in total. The molecule has 0 aromatic heterocycles. The van der Waals surface area contributed by atoms with Crippen LogP contribution in [0.5, 0.6) is 0 Å². The van der Waals surface area contributed by atoms with E-state index in [9.17, 15) is 4.79 Å². The number of hydrogen-bond acceptors (Lipinski definition) is 3. The minimum Gasteiger partial charge on any atom is -0.409 e. The molecule has 0 aliphatic rings. The van der Waals surface area contributed by atoms with Crippen molar-refractivity contribution in [3.63, 3.8) is 0 Å². The number of carbonyl (C=O) groups is 1. The molecule has 0 spiro atoms. The van der Waals surface area contributed by atoms with Gasteiger partial charge in [-0.05, 0) is 37.6 Å². The fourth-order valence-electron chi connectivity index (χ4n) is 1.74. The van der Waals surface area contributed by atoms with Gasteiger partial charge in [0, 0.05) is 30.1 Å². The minimum atomic E-state index is -0.168. The Labute approximate surface area is 117 Å². The van der Waals surface area contributed by atoms with Crippen molar-refractivity contribution in [3.05, 3.63) is 34.3 Å². The number of amidine groups is 1. The van der Waals surface area contributed by atoms with Crippen LogP contribution in [-0.4, -0.2) is 34.9 Å². The number of aryl methyl sites for hydroxylation is 1. The normalized spacial score (nSPS) is 13.2. The predicted octanol–water partition coefficient (Wildman–Crippen LogP) is 2.25. The van der Waals surface area contributed by atoms with E-state index in [-0.39, 0.29) is 17.8 Å². The highest BCUT2D eigenvalue weighted by atomic mass is 35.5. The Morgan fingerprint density at radius 2 is 2.21 bits per heavy atom. The highest BCUT2D eigenvalue weighted by molar-refractivity contribution is 6.30. The van der Waals surface area contributed by atoms with Gasteiger partial charge < -0.3 is 15.8 Å². The van der Waals surface area contributed by atoms with Gasteiger partial charge in [-0.1, -0.05) is 16.8 Å². The van der Waals surface area contributed by atoms with Gasteiger partial charge in [0.05, 0.1) is 0 Å². The Morgan fingerprint density at radius 3 is 2.74 bits per heavy atom. The van der Waals surface area contributed by atoms with Crippen molar-refractivity contribution < 1.29 is 10.0 Å². The quantitative estimate of drug-likeness (QED) is 0.385. The fourth-order valence-corrected chi connectivity index (χ4v) is 1.96. The van der Waals surface area contributed by atoms with Crippen LogP contribution in [-0.2, 0) is 0 Å². The van der Waals surface area contributed by atoms with Crippen molar-refractivity contribution in [1.29, 1.82) is 0 Å². The molecule has 5 nitrogen and oxygen atoms in total. The standard InChI is InChI=1S/C13H18ClN3O2/c1-8-6-10(14)4-5-11(8)13(18)17(3)9(2)7-12(15)16-19/h4-6,9,19H,7H2,1-3H3,(H2,15,16). The maximum absolute atomic E-state index is 12.3. The molecule has 1 unspecified atom stereocenters. The second-order valence-electron chi connectivity index (χ2n) is 4.52. The molecule has 1 rings (SSSR count). The van der Waals surface area contributed by atoms with E-state index < -0.39 is 0 Å². The molecule has 1 aromatic carbocycles. The average Bonchev–Trinajstić information content (AvgIpc) is 2.36. The first-order valence-corrected chi connectivity index (χ1v) is 6.24. The van der Waals surface area contributed by atoms with Crippen molar-refractivity contribution >= 4 is 23.3 Å². The zero-order valence-corrected chi connectivity index (χ0v) is 12.0. The van der Waals surface area contributed by atoms with E-state index in [4.69, 9.17) is 22.5 Å². The summed E-state index contributed by atoms with van der Waals surface area (Å²) in [6.45, 7) is 3.67. The lowest BCUT2D eigenvalue weighted by atomic mass is 10.1. The van der Waals surface area contributed by atoms with E-state index in [0.717, 1.165) is 5.56 Å². The van der Waals surface area contributed by atoms with Gasteiger partial charge in [-0.3, -0.25) is 4.79 Å². The van der Waals surface area contributed by atoms with E-state index in [1.54, 1.807) is 30.1 Å². The second-order valence-corrected chi connectivity index (χ2v) is 4.96. The van der Waals surface area contributed by atoms with Gasteiger partial charge in [0.1, 0.15) is 5.84 Å². The zero-order valence-electron chi connectivity index (χ0n) is 11.2. The molecule has 0 radical (unpaired) electrons. The molecular weight excluding hydrogens is 266 g/mol. The predicted molar refractivity (Wildman–Crippen MR) is 75.8 cm³/mol. The summed E-state index contributed by atoms with van der Waals surface area (Å²) < 4.78 is 0. The van der Waals surface area contributed by atoms with Gasteiger partial charge in [-0.25, -0.2) is 0 Å². The topological polar surface area (TPSA) is 78.9 Å². The molecule has 104 valence electrons. The Kier molecular flexibility index (Phi) is 5.18. The van der Waals surface area contributed by atoms with Gasteiger partial charge >= 0.3 is 0 Å². The summed E-state index contributed by atoms with van der Waals surface area (Å²) >= 11 is 5.87.